The number of ether oxygens (including phenoxy) is 1. The predicted molar refractivity (Wildman–Crippen MR) is 114 cm³/mol. The summed E-state index contributed by atoms with van der Waals surface area (Å²) >= 11 is 0. The van der Waals surface area contributed by atoms with Gasteiger partial charge in [0.05, 0.1) is 26.7 Å². The zero-order valence-corrected chi connectivity index (χ0v) is 17.7. The highest BCUT2D eigenvalue weighted by Gasteiger charge is 2.70. The molecular weight excluding hydrogens is 396 g/mol. The van der Waals surface area contributed by atoms with Gasteiger partial charge in [-0.15, -0.1) is 0 Å². The number of aliphatic imine (C=N–C) groups is 1. The van der Waals surface area contributed by atoms with E-state index in [4.69, 9.17) is 4.74 Å². The van der Waals surface area contributed by atoms with Crippen LogP contribution in [0.1, 0.15) is 41.6 Å². The molecule has 4 aliphatic rings. The highest BCUT2D eigenvalue weighted by Crippen LogP contribution is 2.43. The van der Waals surface area contributed by atoms with Crippen molar-refractivity contribution in [3.63, 3.8) is 0 Å². The Morgan fingerprint density at radius 2 is 2.13 bits per heavy atom. The topological polar surface area (TPSA) is 88.1 Å². The van der Waals surface area contributed by atoms with Gasteiger partial charge in [0.25, 0.3) is 11.8 Å². The largest absolute Gasteiger partial charge is 0.497 e. The van der Waals surface area contributed by atoms with Crippen LogP contribution >= 0.6 is 0 Å². The molecule has 1 N–H and O–H groups in total. The van der Waals surface area contributed by atoms with Crippen molar-refractivity contribution in [3.8, 4) is 5.75 Å². The van der Waals surface area contributed by atoms with Crippen molar-refractivity contribution >= 4 is 24.1 Å². The average Bonchev–Trinajstić information content (AvgIpc) is 3.17. The molecule has 0 saturated carbocycles. The fourth-order valence-electron chi connectivity index (χ4n) is 5.48. The molecule has 1 aromatic carbocycles. The maximum Gasteiger partial charge on any atom is 0.424 e. The third-order valence-corrected chi connectivity index (χ3v) is 7.44. The molecule has 5 rings (SSSR count). The summed E-state index contributed by atoms with van der Waals surface area (Å²) in [6, 6.07) is 5.27. The lowest BCUT2D eigenvalue weighted by Gasteiger charge is -2.50. The molecule has 8 heteroatoms. The van der Waals surface area contributed by atoms with E-state index in [-0.39, 0.29) is 34.8 Å². The van der Waals surface area contributed by atoms with Gasteiger partial charge in [0, 0.05) is 37.4 Å². The van der Waals surface area contributed by atoms with E-state index in [1.807, 2.05) is 24.4 Å². The van der Waals surface area contributed by atoms with Crippen molar-refractivity contribution in [2.45, 2.75) is 37.8 Å². The molecule has 1 unspecified atom stereocenters. The van der Waals surface area contributed by atoms with E-state index in [0.29, 0.717) is 37.4 Å². The maximum atomic E-state index is 13.3. The first-order valence-electron chi connectivity index (χ1n) is 10.9. The second kappa shape index (κ2) is 7.30. The molecule has 162 valence electrons. The number of methoxy groups -OCH3 is 1. The standard InChI is InChI=1S/C23H26N4O4/c1-31-18-6-5-17-14-26(20(28)19(17)12-18)15-23(8-7-16-4-2-9-24-13-16)21(29)25-22(30)27(23)10-3-11-27/h2,5-6,9,12-13,16H,3-4,7-8,10-11,14-15H2,1H3/p+1/t16-,23?/m0/s1. The smallest absolute Gasteiger partial charge is 0.424 e. The van der Waals surface area contributed by atoms with Gasteiger partial charge >= 0.3 is 6.03 Å². The van der Waals surface area contributed by atoms with Crippen molar-refractivity contribution in [3.05, 3.63) is 41.6 Å². The molecule has 0 bridgehead atoms. The number of hydrogen-bond acceptors (Lipinski definition) is 5. The highest BCUT2D eigenvalue weighted by atomic mass is 16.5. The van der Waals surface area contributed by atoms with E-state index in [0.717, 1.165) is 24.8 Å². The van der Waals surface area contributed by atoms with Gasteiger partial charge in [-0.05, 0) is 36.5 Å². The lowest BCUT2D eigenvalue weighted by atomic mass is 9.82. The number of imide groups is 1. The molecule has 0 radical (unpaired) electrons. The summed E-state index contributed by atoms with van der Waals surface area (Å²) in [6.45, 7) is 1.95. The Kier molecular flexibility index (Phi) is 4.69. The van der Waals surface area contributed by atoms with Crippen molar-refractivity contribution < 1.29 is 23.6 Å². The summed E-state index contributed by atoms with van der Waals surface area (Å²) in [5.74, 6) is 0.513. The van der Waals surface area contributed by atoms with Gasteiger partial charge in [-0.1, -0.05) is 12.1 Å². The molecule has 0 aromatic heterocycles. The fraction of sp³-hybridized carbons (Fsp3) is 0.478. The van der Waals surface area contributed by atoms with E-state index in [2.05, 4.69) is 10.3 Å². The van der Waals surface area contributed by atoms with Gasteiger partial charge < -0.3 is 9.64 Å². The van der Waals surface area contributed by atoms with Crippen molar-refractivity contribution in [1.29, 1.82) is 0 Å². The summed E-state index contributed by atoms with van der Waals surface area (Å²) in [7, 11) is 1.57. The molecule has 1 aromatic rings. The molecular formula is C23H27N4O4+. The SMILES string of the molecule is COc1ccc2c(c1)C(=O)N(CC1(CC[C@H]3C=NC=CC3)C(=O)NC(=O)[N+]13CCC3)C2. The lowest BCUT2D eigenvalue weighted by Crippen LogP contribution is -2.73. The van der Waals surface area contributed by atoms with Crippen LogP contribution in [0.15, 0.2) is 35.5 Å². The number of carbonyl (C=O) groups is 3. The van der Waals surface area contributed by atoms with Crippen LogP contribution in [-0.2, 0) is 11.3 Å². The monoisotopic (exact) mass is 423 g/mol. The second-order valence-corrected chi connectivity index (χ2v) is 8.96. The minimum atomic E-state index is -0.952. The molecule has 1 spiro atoms. The van der Waals surface area contributed by atoms with Crippen LogP contribution in [0.3, 0.4) is 0 Å². The second-order valence-electron chi connectivity index (χ2n) is 8.96. The Labute approximate surface area is 181 Å². The highest BCUT2D eigenvalue weighted by molar-refractivity contribution is 6.04. The summed E-state index contributed by atoms with van der Waals surface area (Å²) < 4.78 is 5.39. The first kappa shape index (κ1) is 19.9. The molecule has 0 aliphatic carbocycles. The summed E-state index contributed by atoms with van der Waals surface area (Å²) in [5.41, 5.74) is 0.580. The fourth-order valence-corrected chi connectivity index (χ4v) is 5.48. The molecule has 31 heavy (non-hydrogen) atoms. The minimum absolute atomic E-state index is 0.110. The first-order valence-corrected chi connectivity index (χ1v) is 10.9. The molecule has 2 fully saturated rings. The number of benzene rings is 1. The Bertz CT molecular complexity index is 1010. The molecule has 4 amide bonds. The van der Waals surface area contributed by atoms with Crippen molar-refractivity contribution in [1.82, 2.24) is 10.2 Å². The van der Waals surface area contributed by atoms with Crippen LogP contribution in [-0.4, -0.2) is 65.7 Å². The van der Waals surface area contributed by atoms with Gasteiger partial charge in [-0.3, -0.25) is 14.6 Å². The van der Waals surface area contributed by atoms with E-state index >= 15 is 0 Å². The van der Waals surface area contributed by atoms with Crippen LogP contribution < -0.4 is 10.1 Å². The number of allylic oxidation sites excluding steroid dienone is 1. The molecule has 2 atom stereocenters. The van der Waals surface area contributed by atoms with Gasteiger partial charge in [-0.2, -0.15) is 0 Å². The summed E-state index contributed by atoms with van der Waals surface area (Å²) in [5, 5.41) is 2.61. The van der Waals surface area contributed by atoms with E-state index in [9.17, 15) is 14.4 Å². The quantitative estimate of drug-likeness (QED) is 0.562. The van der Waals surface area contributed by atoms with E-state index < -0.39 is 5.54 Å². The van der Waals surface area contributed by atoms with E-state index in [1.165, 1.54) is 0 Å². The number of urea groups is 1. The number of nitrogens with one attached hydrogen (secondary N) is 1. The number of quaternary nitrogens is 1. The average molecular weight is 423 g/mol. The first-order chi connectivity index (χ1) is 15.0. The van der Waals surface area contributed by atoms with Crippen LogP contribution in [0.2, 0.25) is 0 Å². The number of carbonyl (C=O) groups excluding carboxylic acids is 3. The summed E-state index contributed by atoms with van der Waals surface area (Å²) in [4.78, 5) is 45.4. The zero-order valence-electron chi connectivity index (χ0n) is 17.7. The van der Waals surface area contributed by atoms with Crippen LogP contribution in [0.5, 0.6) is 5.75 Å². The van der Waals surface area contributed by atoms with Gasteiger partial charge in [0.15, 0.2) is 0 Å². The molecule has 8 nitrogen and oxygen atoms in total. The number of nitrogens with zero attached hydrogens (tertiary/aromatic N) is 3. The van der Waals surface area contributed by atoms with Gasteiger partial charge in [-0.25, -0.2) is 14.6 Å². The Hall–Kier alpha value is -3.00. The number of rotatable bonds is 6. The van der Waals surface area contributed by atoms with Crippen molar-refractivity contribution in [2.24, 2.45) is 10.9 Å². The number of amides is 4. The van der Waals surface area contributed by atoms with Crippen LogP contribution in [0.4, 0.5) is 4.79 Å². The Balaban J connectivity index is 1.45. The molecule has 4 aliphatic heterocycles. The maximum absolute atomic E-state index is 13.3. The minimum Gasteiger partial charge on any atom is -0.497 e. The van der Waals surface area contributed by atoms with E-state index in [1.54, 1.807) is 24.3 Å². The van der Waals surface area contributed by atoms with Crippen LogP contribution in [0, 0.1) is 5.92 Å². The molecule has 2 saturated heterocycles. The molecule has 4 heterocycles. The third kappa shape index (κ3) is 2.92. The Morgan fingerprint density at radius 1 is 1.29 bits per heavy atom. The van der Waals surface area contributed by atoms with Crippen LogP contribution in [0.25, 0.3) is 0 Å². The van der Waals surface area contributed by atoms with Gasteiger partial charge in [0.2, 0.25) is 5.54 Å². The lowest BCUT2D eigenvalue weighted by molar-refractivity contribution is -0.923. The van der Waals surface area contributed by atoms with Crippen molar-refractivity contribution in [2.75, 3.05) is 26.7 Å². The third-order valence-electron chi connectivity index (χ3n) is 7.44. The normalized spacial score (nSPS) is 28.1. The Morgan fingerprint density at radius 3 is 2.81 bits per heavy atom. The predicted octanol–water partition coefficient (Wildman–Crippen LogP) is 2.24. The summed E-state index contributed by atoms with van der Waals surface area (Å²) in [6.07, 6.45) is 8.81. The number of hydrogen-bond donors (Lipinski definition) is 1. The van der Waals surface area contributed by atoms with Gasteiger partial charge in [0.1, 0.15) is 5.75 Å². The zero-order chi connectivity index (χ0) is 21.6. The number of fused-ring (bicyclic) bond motifs is 1.